The monoisotopic (exact) mass is 383 g/mol. The number of nitrogens with zero attached hydrogens (tertiary/aromatic N) is 4. The average Bonchev–Trinajstić information content (AvgIpc) is 2.90. The Morgan fingerprint density at radius 1 is 1.42 bits per heavy atom. The lowest BCUT2D eigenvalue weighted by Gasteiger charge is -2.35. The third-order valence-electron chi connectivity index (χ3n) is 4.69. The summed E-state index contributed by atoms with van der Waals surface area (Å²) in [7, 11) is 0. The molecule has 1 saturated heterocycles. The minimum absolute atomic E-state index is 0.0433. The lowest BCUT2D eigenvalue weighted by atomic mass is 10.00. The number of aromatic nitrogens is 2. The van der Waals surface area contributed by atoms with Gasteiger partial charge in [0.25, 0.3) is 0 Å². The summed E-state index contributed by atoms with van der Waals surface area (Å²) in [6.45, 7) is 0. The second-order valence-corrected chi connectivity index (χ2v) is 6.87. The van der Waals surface area contributed by atoms with Gasteiger partial charge in [-0.2, -0.15) is 5.26 Å². The molecule has 2 amide bonds. The van der Waals surface area contributed by atoms with Crippen LogP contribution in [0.4, 0.5) is 10.5 Å². The van der Waals surface area contributed by atoms with Gasteiger partial charge in [0.2, 0.25) is 0 Å². The molecule has 120 valence electrons. The number of halogens is 1. The normalized spacial score (nSPS) is 21.1. The number of urea groups is 1. The van der Waals surface area contributed by atoms with E-state index in [2.05, 4.69) is 37.3 Å². The van der Waals surface area contributed by atoms with Gasteiger partial charge in [0.15, 0.2) is 0 Å². The summed E-state index contributed by atoms with van der Waals surface area (Å²) in [5, 5.41) is 11.9. The fraction of sp³-hybridized carbons (Fsp3) is 0.294. The summed E-state index contributed by atoms with van der Waals surface area (Å²) in [6, 6.07) is 7.37. The summed E-state index contributed by atoms with van der Waals surface area (Å²) < 4.78 is 0.670. The topological polar surface area (TPSA) is 81.9 Å². The van der Waals surface area contributed by atoms with Crippen molar-refractivity contribution in [1.29, 1.82) is 5.26 Å². The van der Waals surface area contributed by atoms with E-state index in [1.807, 2.05) is 11.1 Å². The molecular weight excluding hydrogens is 370 g/mol. The third kappa shape index (κ3) is 2.43. The lowest BCUT2D eigenvalue weighted by molar-refractivity contribution is 0.178. The van der Waals surface area contributed by atoms with E-state index in [0.29, 0.717) is 15.7 Å². The van der Waals surface area contributed by atoms with E-state index in [0.717, 1.165) is 30.5 Å². The van der Waals surface area contributed by atoms with Crippen molar-refractivity contribution in [2.24, 2.45) is 0 Å². The molecule has 1 fully saturated rings. The number of benzene rings is 1. The summed E-state index contributed by atoms with van der Waals surface area (Å²) in [5.74, 6) is 0. The molecule has 1 N–H and O–H groups in total. The SMILES string of the molecule is N#Cc1ccc(NC(=O)N2[C@H]3CC[C@@H]2c2cncnc2C3)cc1Br. The van der Waals surface area contributed by atoms with Gasteiger partial charge in [-0.3, -0.25) is 0 Å². The zero-order valence-corrected chi connectivity index (χ0v) is 14.3. The highest BCUT2D eigenvalue weighted by Gasteiger charge is 2.43. The Kier molecular flexibility index (Phi) is 3.69. The Labute approximate surface area is 147 Å². The van der Waals surface area contributed by atoms with Crippen LogP contribution in [0.25, 0.3) is 0 Å². The van der Waals surface area contributed by atoms with Crippen molar-refractivity contribution in [1.82, 2.24) is 14.9 Å². The van der Waals surface area contributed by atoms with E-state index >= 15 is 0 Å². The number of amides is 2. The fourth-order valence-corrected chi connectivity index (χ4v) is 4.07. The first kappa shape index (κ1) is 15.1. The van der Waals surface area contributed by atoms with Crippen LogP contribution in [0.15, 0.2) is 35.2 Å². The molecule has 6 nitrogen and oxygen atoms in total. The molecule has 2 aliphatic rings. The molecule has 1 aromatic heterocycles. The second kappa shape index (κ2) is 5.87. The van der Waals surface area contributed by atoms with E-state index < -0.39 is 0 Å². The van der Waals surface area contributed by atoms with Crippen LogP contribution in [0.5, 0.6) is 0 Å². The molecule has 4 rings (SSSR count). The summed E-state index contributed by atoms with van der Waals surface area (Å²) in [5.41, 5.74) is 3.32. The number of anilines is 1. The summed E-state index contributed by atoms with van der Waals surface area (Å²) in [4.78, 5) is 23.2. The van der Waals surface area contributed by atoms with Crippen molar-refractivity contribution >= 4 is 27.6 Å². The van der Waals surface area contributed by atoms with Crippen LogP contribution in [0.3, 0.4) is 0 Å². The molecule has 0 aliphatic carbocycles. The van der Waals surface area contributed by atoms with Gasteiger partial charge in [-0.05, 0) is 47.0 Å². The zero-order chi connectivity index (χ0) is 16.7. The predicted octanol–water partition coefficient (Wildman–Crippen LogP) is 3.40. The van der Waals surface area contributed by atoms with Gasteiger partial charge in [-0.25, -0.2) is 14.8 Å². The quantitative estimate of drug-likeness (QED) is 0.817. The first-order valence-electron chi connectivity index (χ1n) is 7.75. The van der Waals surface area contributed by atoms with Crippen LogP contribution >= 0.6 is 15.9 Å². The van der Waals surface area contributed by atoms with E-state index in [1.54, 1.807) is 24.5 Å². The molecule has 0 saturated carbocycles. The molecule has 0 unspecified atom stereocenters. The number of hydrogen-bond donors (Lipinski definition) is 1. The van der Waals surface area contributed by atoms with Crippen LogP contribution in [-0.2, 0) is 6.42 Å². The van der Waals surface area contributed by atoms with Crippen molar-refractivity contribution in [2.45, 2.75) is 31.3 Å². The molecule has 2 aliphatic heterocycles. The molecule has 24 heavy (non-hydrogen) atoms. The van der Waals surface area contributed by atoms with Crippen molar-refractivity contribution in [3.8, 4) is 6.07 Å². The molecule has 3 heterocycles. The Morgan fingerprint density at radius 2 is 2.29 bits per heavy atom. The first-order valence-corrected chi connectivity index (χ1v) is 8.54. The maximum atomic E-state index is 12.8. The maximum absolute atomic E-state index is 12.8. The number of nitrogens with one attached hydrogen (secondary N) is 1. The predicted molar refractivity (Wildman–Crippen MR) is 91.2 cm³/mol. The van der Waals surface area contributed by atoms with Crippen molar-refractivity contribution in [3.63, 3.8) is 0 Å². The van der Waals surface area contributed by atoms with E-state index in [-0.39, 0.29) is 18.1 Å². The Bertz CT molecular complexity index is 862. The third-order valence-corrected chi connectivity index (χ3v) is 5.35. The van der Waals surface area contributed by atoms with Crippen LogP contribution in [0, 0.1) is 11.3 Å². The Morgan fingerprint density at radius 3 is 3.08 bits per heavy atom. The summed E-state index contributed by atoms with van der Waals surface area (Å²) >= 11 is 3.35. The minimum atomic E-state index is -0.117. The summed E-state index contributed by atoms with van der Waals surface area (Å²) in [6.07, 6.45) is 6.09. The molecule has 2 bridgehead atoms. The van der Waals surface area contributed by atoms with Crippen LogP contribution in [-0.4, -0.2) is 26.9 Å². The highest BCUT2D eigenvalue weighted by atomic mass is 79.9. The molecule has 0 spiro atoms. The molecule has 2 atom stereocenters. The minimum Gasteiger partial charge on any atom is -0.314 e. The number of rotatable bonds is 1. The highest BCUT2D eigenvalue weighted by molar-refractivity contribution is 9.10. The smallest absolute Gasteiger partial charge is 0.314 e. The maximum Gasteiger partial charge on any atom is 0.322 e. The molecule has 2 aromatic rings. The molecule has 1 aromatic carbocycles. The van der Waals surface area contributed by atoms with Gasteiger partial charge in [0.1, 0.15) is 12.4 Å². The van der Waals surface area contributed by atoms with Crippen LogP contribution < -0.4 is 5.32 Å². The molecule has 7 heteroatoms. The van der Waals surface area contributed by atoms with Gasteiger partial charge in [0.05, 0.1) is 17.3 Å². The Hall–Kier alpha value is -2.46. The average molecular weight is 384 g/mol. The van der Waals surface area contributed by atoms with Gasteiger partial charge >= 0.3 is 6.03 Å². The van der Waals surface area contributed by atoms with Gasteiger partial charge < -0.3 is 10.2 Å². The Balaban J connectivity index is 1.58. The fourth-order valence-electron chi connectivity index (χ4n) is 3.61. The number of nitriles is 1. The van der Waals surface area contributed by atoms with Gasteiger partial charge in [0, 0.05) is 34.4 Å². The van der Waals surface area contributed by atoms with Crippen molar-refractivity contribution < 1.29 is 4.79 Å². The second-order valence-electron chi connectivity index (χ2n) is 6.02. The van der Waals surface area contributed by atoms with Crippen LogP contribution in [0.1, 0.15) is 35.7 Å². The van der Waals surface area contributed by atoms with Gasteiger partial charge in [-0.1, -0.05) is 0 Å². The standard InChI is InChI=1S/C17H14BrN5O/c18-14-5-11(2-1-10(14)7-19)22-17(24)23-12-3-4-16(23)13-8-20-9-21-15(13)6-12/h1-2,5,8-9,12,16H,3-4,6H2,(H,22,24)/t12-,16+/m0/s1. The van der Waals surface area contributed by atoms with E-state index in [4.69, 9.17) is 5.26 Å². The van der Waals surface area contributed by atoms with Crippen molar-refractivity contribution in [3.05, 3.63) is 52.0 Å². The highest BCUT2D eigenvalue weighted by Crippen LogP contribution is 2.42. The first-order chi connectivity index (χ1) is 11.7. The molecule has 0 radical (unpaired) electrons. The largest absolute Gasteiger partial charge is 0.322 e. The van der Waals surface area contributed by atoms with E-state index in [9.17, 15) is 4.79 Å². The van der Waals surface area contributed by atoms with Crippen LogP contribution in [0.2, 0.25) is 0 Å². The number of fused-ring (bicyclic) bond motifs is 4. The van der Waals surface area contributed by atoms with E-state index in [1.165, 1.54) is 0 Å². The zero-order valence-electron chi connectivity index (χ0n) is 12.7. The van der Waals surface area contributed by atoms with Crippen molar-refractivity contribution in [2.75, 3.05) is 5.32 Å². The lowest BCUT2D eigenvalue weighted by Crippen LogP contribution is -2.44. The number of carbonyl (C=O) groups is 1. The number of carbonyl (C=O) groups excluding carboxylic acids is 1. The number of hydrogen-bond acceptors (Lipinski definition) is 4. The molecular formula is C17H14BrN5O. The van der Waals surface area contributed by atoms with Gasteiger partial charge in [-0.15, -0.1) is 0 Å².